The van der Waals surface area contributed by atoms with E-state index >= 15 is 0 Å². The summed E-state index contributed by atoms with van der Waals surface area (Å²) in [4.78, 5) is 103. The molecule has 18 N–H and O–H groups in total. The number of carbonyl (C=O) groups is 7. The lowest BCUT2D eigenvalue weighted by atomic mass is 10.00. The van der Waals surface area contributed by atoms with Crippen molar-refractivity contribution >= 4 is 58.3 Å². The third kappa shape index (κ3) is 19.3. The van der Waals surface area contributed by atoms with E-state index in [2.05, 4.69) is 41.9 Å². The van der Waals surface area contributed by atoms with Gasteiger partial charge < -0.3 is 70.7 Å². The maximum Gasteiger partial charge on any atom is 0.325 e. The Bertz CT molecular complexity index is 2130. The number of para-hydroxylation sites is 1. The number of aromatic nitrogens is 1. The van der Waals surface area contributed by atoms with Crippen molar-refractivity contribution in [2.45, 2.75) is 134 Å². The highest BCUT2D eigenvalue weighted by Gasteiger charge is 2.34. The van der Waals surface area contributed by atoms with Crippen LogP contribution in [0.1, 0.15) is 89.7 Å². The van der Waals surface area contributed by atoms with Crippen LogP contribution < -0.4 is 60.6 Å². The normalized spacial score (nSPS) is 14.3. The number of benzene rings is 2. The van der Waals surface area contributed by atoms with Crippen molar-refractivity contribution in [2.24, 2.45) is 39.6 Å². The first-order valence-corrected chi connectivity index (χ1v) is 23.3. The molecule has 0 saturated carbocycles. The molecule has 0 aliphatic rings. The first-order valence-electron chi connectivity index (χ1n) is 23.3. The first kappa shape index (κ1) is 55.7. The Morgan fingerprint density at radius 3 is 1.69 bits per heavy atom. The van der Waals surface area contributed by atoms with Crippen LogP contribution in [0.3, 0.4) is 0 Å². The minimum Gasteiger partial charge on any atom is -0.480 e. The van der Waals surface area contributed by atoms with E-state index in [9.17, 15) is 38.7 Å². The van der Waals surface area contributed by atoms with Crippen molar-refractivity contribution in [2.75, 3.05) is 19.6 Å². The summed E-state index contributed by atoms with van der Waals surface area (Å²) in [5.74, 6) is -5.71. The van der Waals surface area contributed by atoms with Crippen molar-refractivity contribution in [1.82, 2.24) is 36.9 Å². The first-order chi connectivity index (χ1) is 32.4. The predicted octanol–water partition coefficient (Wildman–Crippen LogP) is -0.349. The lowest BCUT2D eigenvalue weighted by Crippen LogP contribution is -2.60. The molecule has 1 heterocycles. The van der Waals surface area contributed by atoms with Gasteiger partial charge in [-0.15, -0.1) is 0 Å². The van der Waals surface area contributed by atoms with Crippen LogP contribution in [0.5, 0.6) is 0 Å². The van der Waals surface area contributed by atoms with Crippen molar-refractivity contribution in [3.05, 3.63) is 71.9 Å². The number of guanidine groups is 1. The molecule has 1 aromatic heterocycles. The number of H-pyrrole nitrogens is 1. The summed E-state index contributed by atoms with van der Waals surface area (Å²) in [5, 5.41) is 26.5. The van der Waals surface area contributed by atoms with Crippen LogP contribution in [0.25, 0.3) is 10.9 Å². The van der Waals surface area contributed by atoms with Crippen LogP contribution in [-0.4, -0.2) is 119 Å². The number of carboxylic acid groups (broad SMARTS) is 1. The Labute approximate surface area is 397 Å². The van der Waals surface area contributed by atoms with E-state index in [1.165, 1.54) is 6.92 Å². The smallest absolute Gasteiger partial charge is 0.325 e. The summed E-state index contributed by atoms with van der Waals surface area (Å²) >= 11 is 0. The van der Waals surface area contributed by atoms with Crippen LogP contribution in [0.4, 0.5) is 0 Å². The van der Waals surface area contributed by atoms with Crippen molar-refractivity contribution in [1.29, 1.82) is 0 Å². The number of rotatable bonds is 31. The van der Waals surface area contributed by atoms with E-state index in [0.29, 0.717) is 50.8 Å². The fourth-order valence-corrected chi connectivity index (χ4v) is 7.41. The van der Waals surface area contributed by atoms with Gasteiger partial charge in [-0.25, -0.2) is 0 Å². The van der Waals surface area contributed by atoms with Crippen molar-refractivity contribution in [3.63, 3.8) is 0 Å². The number of hydrogen-bond acceptors (Lipinski definition) is 11. The van der Waals surface area contributed by atoms with Gasteiger partial charge in [-0.05, 0) is 94.5 Å². The average Bonchev–Trinajstić information content (AvgIpc) is 3.71. The zero-order valence-corrected chi connectivity index (χ0v) is 39.4. The number of carbonyl (C=O) groups excluding carboxylic acids is 6. The highest BCUT2D eigenvalue weighted by atomic mass is 16.4. The molecule has 0 aliphatic heterocycles. The van der Waals surface area contributed by atoms with Gasteiger partial charge in [0.1, 0.15) is 36.3 Å². The molecule has 0 spiro atoms. The number of nitrogens with zero attached hydrogens (tertiary/aromatic N) is 1. The van der Waals surface area contributed by atoms with Gasteiger partial charge in [0.15, 0.2) is 5.96 Å². The summed E-state index contributed by atoms with van der Waals surface area (Å²) in [6.07, 6.45) is 4.76. The highest BCUT2D eigenvalue weighted by molar-refractivity contribution is 5.97. The number of fused-ring (bicyclic) bond motifs is 1. The van der Waals surface area contributed by atoms with E-state index in [0.717, 1.165) is 16.5 Å². The Balaban J connectivity index is 1.98. The quantitative estimate of drug-likeness (QED) is 0.0223. The van der Waals surface area contributed by atoms with E-state index < -0.39 is 83.7 Å². The average molecular weight is 948 g/mol. The topological polar surface area (TPSA) is 370 Å². The molecule has 374 valence electrons. The predicted molar refractivity (Wildman–Crippen MR) is 260 cm³/mol. The second-order valence-electron chi connectivity index (χ2n) is 17.4. The maximum atomic E-state index is 14.5. The largest absolute Gasteiger partial charge is 0.480 e. The van der Waals surface area contributed by atoms with Crippen LogP contribution in [0.15, 0.2) is 65.8 Å². The molecule has 0 unspecified atom stereocenters. The molecule has 3 rings (SSSR count). The van der Waals surface area contributed by atoms with Crippen molar-refractivity contribution < 1.29 is 38.7 Å². The van der Waals surface area contributed by atoms with Gasteiger partial charge in [0.25, 0.3) is 0 Å². The summed E-state index contributed by atoms with van der Waals surface area (Å²) in [7, 11) is 0. The molecule has 0 saturated heterocycles. The molecule has 7 atom stereocenters. The molecule has 0 aliphatic carbocycles. The molecule has 0 fully saturated rings. The standard InChI is InChI=1S/C47H73N13O8/c1-28(2)24-37(43(64)55-29(3)46(67)68)59-45(66)39(26-31-27-54-34-18-8-7-16-32(31)34)60-42(63)36(20-13-23-53-47(51)52)56-41(62)35(19-10-12-22-49)57-44(65)38(25-30-14-5-4-6-15-30)58-40(61)33(50)17-9-11-21-48/h4-8,14-16,18,27-29,33,35-39,54H,9-13,17,19-26,48-50H2,1-3H3,(H,55,64)(H,56,62)(H,57,65)(H,58,61)(H,59,66)(H,60,63)(H,67,68)(H4,51,52,53)/t29-,33-,35-,36-,37-,38-,39-/m0/s1. The number of aromatic amines is 1. The molecule has 21 nitrogen and oxygen atoms in total. The molecule has 0 radical (unpaired) electrons. The van der Waals surface area contributed by atoms with E-state index in [-0.39, 0.29) is 56.9 Å². The number of aliphatic imine (C=N–C) groups is 1. The van der Waals surface area contributed by atoms with Gasteiger partial charge in [0, 0.05) is 36.5 Å². The molecule has 2 aromatic carbocycles. The van der Waals surface area contributed by atoms with Gasteiger partial charge in [0.2, 0.25) is 35.4 Å². The zero-order chi connectivity index (χ0) is 50.2. The minimum absolute atomic E-state index is 0.0144. The molecule has 3 aromatic rings. The van der Waals surface area contributed by atoms with Gasteiger partial charge in [-0.2, -0.15) is 0 Å². The fraction of sp³-hybridized carbons (Fsp3) is 0.532. The third-order valence-electron chi connectivity index (χ3n) is 11.2. The Kier molecular flexibility index (Phi) is 24.0. The molecule has 0 bridgehead atoms. The molecule has 68 heavy (non-hydrogen) atoms. The van der Waals surface area contributed by atoms with Gasteiger partial charge in [-0.3, -0.25) is 38.6 Å². The summed E-state index contributed by atoms with van der Waals surface area (Å²) in [6, 6.07) is 8.09. The minimum atomic E-state index is -1.32. The van der Waals surface area contributed by atoms with Crippen LogP contribution >= 0.6 is 0 Å². The summed E-state index contributed by atoms with van der Waals surface area (Å²) in [6.45, 7) is 5.81. The molecule has 21 heteroatoms. The number of carboxylic acids is 1. The van der Waals surface area contributed by atoms with E-state index in [1.807, 2.05) is 44.2 Å². The highest BCUT2D eigenvalue weighted by Crippen LogP contribution is 2.20. The molecular weight excluding hydrogens is 875 g/mol. The van der Waals surface area contributed by atoms with Crippen molar-refractivity contribution in [3.8, 4) is 0 Å². The van der Waals surface area contributed by atoms with E-state index in [4.69, 9.17) is 28.7 Å². The summed E-state index contributed by atoms with van der Waals surface area (Å²) < 4.78 is 0. The van der Waals surface area contributed by atoms with Gasteiger partial charge >= 0.3 is 5.97 Å². The Morgan fingerprint density at radius 1 is 0.603 bits per heavy atom. The molecule has 6 amide bonds. The molecular formula is C47H73N13O8. The number of nitrogens with two attached hydrogens (primary N) is 5. The van der Waals surface area contributed by atoms with Gasteiger partial charge in [-0.1, -0.05) is 68.8 Å². The monoisotopic (exact) mass is 948 g/mol. The fourth-order valence-electron chi connectivity index (χ4n) is 7.41. The second-order valence-corrected chi connectivity index (χ2v) is 17.4. The van der Waals surface area contributed by atoms with Gasteiger partial charge in [0.05, 0.1) is 6.04 Å². The number of unbranched alkanes of at least 4 members (excludes halogenated alkanes) is 2. The maximum absolute atomic E-state index is 14.5. The second kappa shape index (κ2) is 29.2. The lowest BCUT2D eigenvalue weighted by molar-refractivity contribution is -0.142. The lowest BCUT2D eigenvalue weighted by Gasteiger charge is -2.28. The Hall–Kier alpha value is -6.58. The third-order valence-corrected chi connectivity index (χ3v) is 11.2. The number of nitrogens with one attached hydrogen (secondary N) is 7. The summed E-state index contributed by atoms with van der Waals surface area (Å²) in [5.41, 5.74) is 30.9. The number of hydrogen-bond donors (Lipinski definition) is 13. The number of amides is 6. The van der Waals surface area contributed by atoms with Crippen LogP contribution in [-0.2, 0) is 46.4 Å². The van der Waals surface area contributed by atoms with Crippen LogP contribution in [0, 0.1) is 5.92 Å². The SMILES string of the molecule is CC(C)C[C@H](NC(=O)[C@H](Cc1c[nH]c2ccccc12)NC(=O)[C@H](CCCN=C(N)N)NC(=O)[C@H](CCCCN)NC(=O)[C@H](Cc1ccccc1)NC(=O)[C@@H](N)CCCCN)C(=O)N[C@@H](C)C(=O)O. The zero-order valence-electron chi connectivity index (χ0n) is 39.4. The van der Waals surface area contributed by atoms with Crippen LogP contribution in [0.2, 0.25) is 0 Å². The van der Waals surface area contributed by atoms with E-state index in [1.54, 1.807) is 30.5 Å². The number of aliphatic carboxylic acids is 1. The Morgan fingerprint density at radius 2 is 1.10 bits per heavy atom.